The molecular formula is C21H30N2O2. The first-order chi connectivity index (χ1) is 12.0. The third-order valence-corrected chi connectivity index (χ3v) is 4.80. The summed E-state index contributed by atoms with van der Waals surface area (Å²) in [6.07, 6.45) is 0. The van der Waals surface area contributed by atoms with Gasteiger partial charge >= 0.3 is 0 Å². The minimum atomic E-state index is -0.166. The first kappa shape index (κ1) is 19.3. The van der Waals surface area contributed by atoms with E-state index in [1.165, 1.54) is 0 Å². The van der Waals surface area contributed by atoms with E-state index in [1.807, 2.05) is 31.2 Å². The Morgan fingerprint density at radius 3 is 2.44 bits per heavy atom. The number of hydrogen-bond donors (Lipinski definition) is 1. The molecule has 1 N–H and O–H groups in total. The first-order valence-electron chi connectivity index (χ1n) is 9.05. The van der Waals surface area contributed by atoms with Gasteiger partial charge in [0, 0.05) is 19.1 Å². The lowest BCUT2D eigenvalue weighted by atomic mass is 9.97. The second-order valence-electron chi connectivity index (χ2n) is 6.71. The summed E-state index contributed by atoms with van der Waals surface area (Å²) >= 11 is 0. The number of fused-ring (bicyclic) bond motifs is 1. The molecule has 0 aliphatic carbocycles. The normalized spacial score (nSPS) is 12.6. The standard InChI is InChI=1S/C21H30N2O2/c1-6-23(15(2)3)12-11-22-21(24)16(4)17-7-8-19-14-20(25-5)10-9-18(19)13-17/h7-10,13-16H,6,11-12H2,1-5H3,(H,22,24)/t16-/m0/s1. The van der Waals surface area contributed by atoms with E-state index in [-0.39, 0.29) is 11.8 Å². The Labute approximate surface area is 151 Å². The molecule has 0 bridgehead atoms. The molecule has 2 aromatic carbocycles. The Bertz CT molecular complexity index is 712. The van der Waals surface area contributed by atoms with Crippen LogP contribution in [0, 0.1) is 0 Å². The Balaban J connectivity index is 2.00. The van der Waals surface area contributed by atoms with E-state index < -0.39 is 0 Å². The van der Waals surface area contributed by atoms with Gasteiger partial charge in [0.25, 0.3) is 0 Å². The van der Waals surface area contributed by atoms with Crippen molar-refractivity contribution in [3.63, 3.8) is 0 Å². The lowest BCUT2D eigenvalue weighted by molar-refractivity contribution is -0.122. The summed E-state index contributed by atoms with van der Waals surface area (Å²) in [6.45, 7) is 11.0. The molecule has 0 fully saturated rings. The number of amides is 1. The van der Waals surface area contributed by atoms with E-state index >= 15 is 0 Å². The monoisotopic (exact) mass is 342 g/mol. The molecule has 0 saturated heterocycles. The highest BCUT2D eigenvalue weighted by Crippen LogP contribution is 2.25. The molecule has 0 aromatic heterocycles. The smallest absolute Gasteiger partial charge is 0.227 e. The molecule has 0 unspecified atom stereocenters. The van der Waals surface area contributed by atoms with Crippen LogP contribution >= 0.6 is 0 Å². The zero-order valence-corrected chi connectivity index (χ0v) is 16.0. The lowest BCUT2D eigenvalue weighted by Crippen LogP contribution is -2.39. The summed E-state index contributed by atoms with van der Waals surface area (Å²) in [6, 6.07) is 12.6. The number of carbonyl (C=O) groups is 1. The number of hydrogen-bond acceptors (Lipinski definition) is 3. The molecule has 0 heterocycles. The number of nitrogens with one attached hydrogen (secondary N) is 1. The van der Waals surface area contributed by atoms with E-state index in [4.69, 9.17) is 4.74 Å². The molecule has 0 radical (unpaired) electrons. The average Bonchev–Trinajstić information content (AvgIpc) is 2.63. The van der Waals surface area contributed by atoms with Crippen LogP contribution in [0.5, 0.6) is 5.75 Å². The predicted octanol–water partition coefficient (Wildman–Crippen LogP) is 3.80. The molecule has 2 rings (SSSR count). The van der Waals surface area contributed by atoms with Crippen LogP contribution in [0.2, 0.25) is 0 Å². The fourth-order valence-electron chi connectivity index (χ4n) is 3.05. The lowest BCUT2D eigenvalue weighted by Gasteiger charge is -2.25. The van der Waals surface area contributed by atoms with Crippen LogP contribution in [0.1, 0.15) is 39.2 Å². The summed E-state index contributed by atoms with van der Waals surface area (Å²) in [5, 5.41) is 5.30. The molecule has 136 valence electrons. The van der Waals surface area contributed by atoms with Gasteiger partial charge in [-0.2, -0.15) is 0 Å². The zero-order valence-electron chi connectivity index (χ0n) is 16.0. The maximum Gasteiger partial charge on any atom is 0.227 e. The zero-order chi connectivity index (χ0) is 18.4. The number of methoxy groups -OCH3 is 1. The van der Waals surface area contributed by atoms with Crippen molar-refractivity contribution >= 4 is 16.7 Å². The maximum absolute atomic E-state index is 12.5. The van der Waals surface area contributed by atoms with Crippen molar-refractivity contribution in [3.05, 3.63) is 42.0 Å². The number of nitrogens with zero attached hydrogens (tertiary/aromatic N) is 1. The van der Waals surface area contributed by atoms with Crippen molar-refractivity contribution < 1.29 is 9.53 Å². The highest BCUT2D eigenvalue weighted by Gasteiger charge is 2.16. The number of carbonyl (C=O) groups excluding carboxylic acids is 1. The van der Waals surface area contributed by atoms with Crippen LogP contribution < -0.4 is 10.1 Å². The molecule has 1 atom stereocenters. The summed E-state index contributed by atoms with van der Waals surface area (Å²) in [5.74, 6) is 0.755. The van der Waals surface area contributed by atoms with Crippen LogP contribution in [-0.2, 0) is 4.79 Å². The molecule has 25 heavy (non-hydrogen) atoms. The SMILES string of the molecule is CCN(CCNC(=O)[C@@H](C)c1ccc2cc(OC)ccc2c1)C(C)C. The van der Waals surface area contributed by atoms with Gasteiger partial charge in [-0.15, -0.1) is 0 Å². The van der Waals surface area contributed by atoms with Crippen molar-refractivity contribution in [2.45, 2.75) is 39.7 Å². The Morgan fingerprint density at radius 2 is 1.80 bits per heavy atom. The summed E-state index contributed by atoms with van der Waals surface area (Å²) in [5.41, 5.74) is 1.03. The van der Waals surface area contributed by atoms with Crippen LogP contribution in [0.4, 0.5) is 0 Å². The van der Waals surface area contributed by atoms with E-state index in [9.17, 15) is 4.79 Å². The third-order valence-electron chi connectivity index (χ3n) is 4.80. The van der Waals surface area contributed by atoms with E-state index in [1.54, 1.807) is 7.11 Å². The van der Waals surface area contributed by atoms with Gasteiger partial charge in [-0.1, -0.05) is 31.2 Å². The Hall–Kier alpha value is -2.07. The molecule has 0 aliphatic rings. The molecule has 0 saturated carbocycles. The van der Waals surface area contributed by atoms with Crippen molar-refractivity contribution in [1.82, 2.24) is 10.2 Å². The Kier molecular flexibility index (Phi) is 6.82. The largest absolute Gasteiger partial charge is 0.497 e. The van der Waals surface area contributed by atoms with Crippen molar-refractivity contribution in [3.8, 4) is 5.75 Å². The van der Waals surface area contributed by atoms with Gasteiger partial charge in [-0.05, 0) is 55.8 Å². The van der Waals surface area contributed by atoms with Gasteiger partial charge in [0.15, 0.2) is 0 Å². The highest BCUT2D eigenvalue weighted by molar-refractivity contribution is 5.88. The van der Waals surface area contributed by atoms with E-state index in [0.717, 1.165) is 35.2 Å². The second kappa shape index (κ2) is 8.86. The van der Waals surface area contributed by atoms with Gasteiger partial charge in [-0.25, -0.2) is 0 Å². The molecule has 0 aliphatic heterocycles. The van der Waals surface area contributed by atoms with Crippen LogP contribution in [0.15, 0.2) is 36.4 Å². The summed E-state index contributed by atoms with van der Waals surface area (Å²) in [7, 11) is 1.67. The number of likely N-dealkylation sites (N-methyl/N-ethyl adjacent to an activating group) is 1. The summed E-state index contributed by atoms with van der Waals surface area (Å²) in [4.78, 5) is 14.8. The second-order valence-corrected chi connectivity index (χ2v) is 6.71. The van der Waals surface area contributed by atoms with E-state index in [0.29, 0.717) is 12.6 Å². The van der Waals surface area contributed by atoms with Gasteiger partial charge in [0.05, 0.1) is 13.0 Å². The van der Waals surface area contributed by atoms with E-state index in [2.05, 4.69) is 43.1 Å². The van der Waals surface area contributed by atoms with Crippen molar-refractivity contribution in [2.75, 3.05) is 26.7 Å². The third kappa shape index (κ3) is 4.95. The molecule has 4 nitrogen and oxygen atoms in total. The van der Waals surface area contributed by atoms with Crippen LogP contribution in [-0.4, -0.2) is 43.6 Å². The van der Waals surface area contributed by atoms with Crippen LogP contribution in [0.3, 0.4) is 0 Å². The number of ether oxygens (including phenoxy) is 1. The highest BCUT2D eigenvalue weighted by atomic mass is 16.5. The average molecular weight is 342 g/mol. The fourth-order valence-corrected chi connectivity index (χ4v) is 3.05. The molecule has 1 amide bonds. The molecule has 0 spiro atoms. The predicted molar refractivity (Wildman–Crippen MR) is 104 cm³/mol. The molecular weight excluding hydrogens is 312 g/mol. The summed E-state index contributed by atoms with van der Waals surface area (Å²) < 4.78 is 5.26. The van der Waals surface area contributed by atoms with Crippen molar-refractivity contribution in [2.24, 2.45) is 0 Å². The number of rotatable bonds is 8. The fraction of sp³-hybridized carbons (Fsp3) is 0.476. The van der Waals surface area contributed by atoms with Gasteiger partial charge in [0.1, 0.15) is 5.75 Å². The van der Waals surface area contributed by atoms with Gasteiger partial charge < -0.3 is 10.1 Å². The minimum absolute atomic E-state index is 0.0765. The maximum atomic E-state index is 12.5. The quantitative estimate of drug-likeness (QED) is 0.793. The molecule has 4 heteroatoms. The minimum Gasteiger partial charge on any atom is -0.497 e. The topological polar surface area (TPSA) is 41.6 Å². The van der Waals surface area contributed by atoms with Crippen LogP contribution in [0.25, 0.3) is 10.8 Å². The molecule has 2 aromatic rings. The van der Waals surface area contributed by atoms with Gasteiger partial charge in [-0.3, -0.25) is 9.69 Å². The number of benzene rings is 2. The first-order valence-corrected chi connectivity index (χ1v) is 9.05. The van der Waals surface area contributed by atoms with Crippen molar-refractivity contribution in [1.29, 1.82) is 0 Å². The van der Waals surface area contributed by atoms with Gasteiger partial charge in [0.2, 0.25) is 5.91 Å². The Morgan fingerprint density at radius 1 is 1.12 bits per heavy atom.